The highest BCUT2D eigenvalue weighted by atomic mass is 15.3. The number of anilines is 1. The molecule has 0 spiro atoms. The lowest BCUT2D eigenvalue weighted by Crippen LogP contribution is -2.30. The second-order valence-electron chi connectivity index (χ2n) is 4.75. The van der Waals surface area contributed by atoms with Gasteiger partial charge in [-0.25, -0.2) is 9.97 Å². The predicted octanol–water partition coefficient (Wildman–Crippen LogP) is 2.90. The lowest BCUT2D eigenvalue weighted by molar-refractivity contribution is 0.574. The lowest BCUT2D eigenvalue weighted by atomic mass is 10.1. The Bertz CT molecular complexity index is 647. The number of aromatic nitrogens is 3. The molecule has 1 aliphatic rings. The molecule has 0 aromatic carbocycles. The summed E-state index contributed by atoms with van der Waals surface area (Å²) in [5, 5.41) is 4.57. The third-order valence-corrected chi connectivity index (χ3v) is 3.48. The monoisotopic (exact) mass is 257 g/mol. The van der Waals surface area contributed by atoms with Gasteiger partial charge in [0.05, 0.1) is 5.39 Å². The molecule has 98 valence electrons. The lowest BCUT2D eigenvalue weighted by Gasteiger charge is -2.28. The summed E-state index contributed by atoms with van der Waals surface area (Å²) in [6.45, 7) is 1.99. The summed E-state index contributed by atoms with van der Waals surface area (Å²) in [5.74, 6) is 1.07. The molecule has 7 nitrogen and oxygen atoms in total. The minimum atomic E-state index is 0.192. The third-order valence-electron chi connectivity index (χ3n) is 3.48. The second-order valence-corrected chi connectivity index (χ2v) is 4.75. The maximum absolute atomic E-state index is 8.57. The summed E-state index contributed by atoms with van der Waals surface area (Å²) < 4.78 is 1.92. The summed E-state index contributed by atoms with van der Waals surface area (Å²) in [6, 6.07) is 2.01. The van der Waals surface area contributed by atoms with Crippen molar-refractivity contribution < 1.29 is 0 Å². The molecule has 1 aliphatic heterocycles. The van der Waals surface area contributed by atoms with Crippen LogP contribution >= 0.6 is 0 Å². The van der Waals surface area contributed by atoms with Crippen LogP contribution in [0, 0.1) is 0 Å². The Labute approximate surface area is 110 Å². The highest BCUT2D eigenvalue weighted by molar-refractivity contribution is 5.89. The van der Waals surface area contributed by atoms with Crippen molar-refractivity contribution in [1.29, 1.82) is 0 Å². The van der Waals surface area contributed by atoms with Crippen LogP contribution in [0.15, 0.2) is 17.4 Å². The zero-order valence-electron chi connectivity index (χ0n) is 10.8. The molecule has 0 atom stereocenters. The Morgan fingerprint density at radius 3 is 2.79 bits per heavy atom. The van der Waals surface area contributed by atoms with Crippen LogP contribution in [0.1, 0.15) is 19.3 Å². The van der Waals surface area contributed by atoms with Gasteiger partial charge in [-0.3, -0.25) is 0 Å². The van der Waals surface area contributed by atoms with Gasteiger partial charge in [-0.2, -0.15) is 0 Å². The molecule has 19 heavy (non-hydrogen) atoms. The molecular formula is C12H15N7. The fraction of sp³-hybridized carbons (Fsp3) is 0.500. The largest absolute Gasteiger partial charge is 0.356 e. The molecule has 0 unspecified atom stereocenters. The first kappa shape index (κ1) is 11.8. The molecule has 3 heterocycles. The molecule has 3 rings (SSSR count). The minimum absolute atomic E-state index is 0.192. The standard InChI is InChI=1S/C12H15N7/c1-18-8-5-9-10(18)14-12(16-17-13)15-11(9)19-6-3-2-4-7-19/h5,8H,2-4,6-7H2,1H3. The number of aryl methyl sites for hydroxylation is 1. The SMILES string of the molecule is Cn1ccc2c(N3CCCCC3)nc(N=[N+]=[N-])nc21. The molecule has 0 N–H and O–H groups in total. The van der Waals surface area contributed by atoms with Gasteiger partial charge in [-0.1, -0.05) is 0 Å². The Hall–Kier alpha value is -2.27. The van der Waals surface area contributed by atoms with Crippen LogP contribution in [0.25, 0.3) is 21.5 Å². The van der Waals surface area contributed by atoms with E-state index in [2.05, 4.69) is 24.9 Å². The van der Waals surface area contributed by atoms with Gasteiger partial charge >= 0.3 is 0 Å². The smallest absolute Gasteiger partial charge is 0.220 e. The van der Waals surface area contributed by atoms with E-state index < -0.39 is 0 Å². The van der Waals surface area contributed by atoms with Gasteiger partial charge in [0.15, 0.2) is 0 Å². The molecular weight excluding hydrogens is 242 g/mol. The topological polar surface area (TPSA) is 82.7 Å². The quantitative estimate of drug-likeness (QED) is 0.471. The molecule has 0 amide bonds. The fourth-order valence-corrected chi connectivity index (χ4v) is 2.54. The summed E-state index contributed by atoms with van der Waals surface area (Å²) in [5.41, 5.74) is 9.37. The van der Waals surface area contributed by atoms with Crippen molar-refractivity contribution in [3.05, 3.63) is 22.7 Å². The first-order chi connectivity index (χ1) is 9.29. The van der Waals surface area contributed by atoms with Gasteiger partial charge in [0.2, 0.25) is 5.95 Å². The predicted molar refractivity (Wildman–Crippen MR) is 73.4 cm³/mol. The van der Waals surface area contributed by atoms with E-state index in [0.717, 1.165) is 29.9 Å². The molecule has 0 radical (unpaired) electrons. The van der Waals surface area contributed by atoms with Gasteiger partial charge in [0.25, 0.3) is 0 Å². The zero-order valence-corrected chi connectivity index (χ0v) is 10.8. The van der Waals surface area contributed by atoms with Gasteiger partial charge in [0.1, 0.15) is 11.5 Å². The Morgan fingerprint density at radius 2 is 2.05 bits per heavy atom. The molecule has 2 aromatic rings. The number of hydrogen-bond donors (Lipinski definition) is 0. The third kappa shape index (κ3) is 2.08. The number of hydrogen-bond acceptors (Lipinski definition) is 4. The Balaban J connectivity index is 2.17. The van der Waals surface area contributed by atoms with Crippen molar-refractivity contribution in [3.8, 4) is 0 Å². The van der Waals surface area contributed by atoms with E-state index >= 15 is 0 Å². The van der Waals surface area contributed by atoms with Crippen LogP contribution in [-0.2, 0) is 7.05 Å². The highest BCUT2D eigenvalue weighted by Gasteiger charge is 2.17. The average Bonchev–Trinajstić information content (AvgIpc) is 2.81. The average molecular weight is 257 g/mol. The second kappa shape index (κ2) is 4.78. The van der Waals surface area contributed by atoms with E-state index in [9.17, 15) is 0 Å². The van der Waals surface area contributed by atoms with Crippen LogP contribution in [0.5, 0.6) is 0 Å². The molecule has 0 saturated carbocycles. The molecule has 0 bridgehead atoms. The summed E-state index contributed by atoms with van der Waals surface area (Å²) >= 11 is 0. The zero-order chi connectivity index (χ0) is 13.2. The summed E-state index contributed by atoms with van der Waals surface area (Å²) in [4.78, 5) is 13.7. The van der Waals surface area contributed by atoms with E-state index in [0.29, 0.717) is 0 Å². The van der Waals surface area contributed by atoms with Crippen LogP contribution in [0.4, 0.5) is 11.8 Å². The van der Waals surface area contributed by atoms with Crippen molar-refractivity contribution in [2.75, 3.05) is 18.0 Å². The van der Waals surface area contributed by atoms with E-state index in [1.165, 1.54) is 19.3 Å². The number of rotatable bonds is 2. The summed E-state index contributed by atoms with van der Waals surface area (Å²) in [6.07, 6.45) is 5.57. The van der Waals surface area contributed by atoms with Crippen LogP contribution in [0.3, 0.4) is 0 Å². The van der Waals surface area contributed by atoms with Crippen molar-refractivity contribution in [3.63, 3.8) is 0 Å². The van der Waals surface area contributed by atoms with Crippen molar-refractivity contribution >= 4 is 22.8 Å². The van der Waals surface area contributed by atoms with Gasteiger partial charge in [-0.15, -0.1) is 0 Å². The number of piperidine rings is 1. The van der Waals surface area contributed by atoms with Gasteiger partial charge < -0.3 is 9.47 Å². The van der Waals surface area contributed by atoms with Crippen LogP contribution in [-0.4, -0.2) is 27.6 Å². The normalized spacial score (nSPS) is 15.5. The molecule has 1 saturated heterocycles. The van der Waals surface area contributed by atoms with Gasteiger partial charge in [-0.05, 0) is 36.0 Å². The number of azide groups is 1. The molecule has 1 fully saturated rings. The molecule has 2 aromatic heterocycles. The van der Waals surface area contributed by atoms with Crippen molar-refractivity contribution in [2.24, 2.45) is 12.2 Å². The number of nitrogens with zero attached hydrogens (tertiary/aromatic N) is 7. The Morgan fingerprint density at radius 1 is 1.26 bits per heavy atom. The van der Waals surface area contributed by atoms with Crippen molar-refractivity contribution in [2.45, 2.75) is 19.3 Å². The first-order valence-corrected chi connectivity index (χ1v) is 6.43. The van der Waals surface area contributed by atoms with Crippen LogP contribution < -0.4 is 4.90 Å². The van der Waals surface area contributed by atoms with E-state index in [1.807, 2.05) is 23.9 Å². The maximum Gasteiger partial charge on any atom is 0.220 e. The number of fused-ring (bicyclic) bond motifs is 1. The van der Waals surface area contributed by atoms with E-state index in [-0.39, 0.29) is 5.95 Å². The highest BCUT2D eigenvalue weighted by Crippen LogP contribution is 2.28. The minimum Gasteiger partial charge on any atom is -0.356 e. The van der Waals surface area contributed by atoms with Crippen LogP contribution in [0.2, 0.25) is 0 Å². The van der Waals surface area contributed by atoms with E-state index in [4.69, 9.17) is 5.53 Å². The van der Waals surface area contributed by atoms with E-state index in [1.54, 1.807) is 0 Å². The fourth-order valence-electron chi connectivity index (χ4n) is 2.54. The maximum atomic E-state index is 8.57. The van der Waals surface area contributed by atoms with Crippen molar-refractivity contribution in [1.82, 2.24) is 14.5 Å². The van der Waals surface area contributed by atoms with Gasteiger partial charge in [0, 0.05) is 31.2 Å². The molecule has 0 aliphatic carbocycles. The Kier molecular flexibility index (Phi) is 2.97. The summed E-state index contributed by atoms with van der Waals surface area (Å²) in [7, 11) is 1.93. The molecule has 7 heteroatoms. The first-order valence-electron chi connectivity index (χ1n) is 6.43.